The van der Waals surface area contributed by atoms with E-state index < -0.39 is 0 Å². The average molecular weight is 267 g/mol. The van der Waals surface area contributed by atoms with E-state index in [0.29, 0.717) is 5.82 Å². The molecule has 0 aliphatic carbocycles. The van der Waals surface area contributed by atoms with Crippen LogP contribution >= 0.6 is 0 Å². The molecule has 0 saturated carbocycles. The summed E-state index contributed by atoms with van der Waals surface area (Å²) in [6, 6.07) is 9.99. The van der Waals surface area contributed by atoms with Crippen LogP contribution < -0.4 is 5.73 Å². The predicted molar refractivity (Wildman–Crippen MR) is 80.2 cm³/mol. The molecule has 20 heavy (non-hydrogen) atoms. The molecule has 2 aromatic heterocycles. The van der Waals surface area contributed by atoms with Crippen LogP contribution in [-0.2, 0) is 6.54 Å². The van der Waals surface area contributed by atoms with E-state index in [1.54, 1.807) is 4.52 Å². The number of hydrogen-bond donors (Lipinski definition) is 1. The normalized spacial score (nSPS) is 11.3. The molecule has 102 valence electrons. The van der Waals surface area contributed by atoms with E-state index >= 15 is 0 Å². The van der Waals surface area contributed by atoms with Gasteiger partial charge in [0.15, 0.2) is 5.65 Å². The molecule has 0 spiro atoms. The number of nitrogens with two attached hydrogens (primary N) is 1. The van der Waals surface area contributed by atoms with Crippen LogP contribution in [0.2, 0.25) is 0 Å². The van der Waals surface area contributed by atoms with E-state index in [4.69, 9.17) is 5.73 Å². The Kier molecular flexibility index (Phi) is 3.12. The summed E-state index contributed by atoms with van der Waals surface area (Å²) in [5.41, 5.74) is 10.1. The van der Waals surface area contributed by atoms with Crippen LogP contribution in [0.3, 0.4) is 0 Å². The summed E-state index contributed by atoms with van der Waals surface area (Å²) >= 11 is 0. The Labute approximate surface area is 117 Å². The molecule has 0 atom stereocenters. The van der Waals surface area contributed by atoms with E-state index in [1.807, 2.05) is 56.8 Å². The van der Waals surface area contributed by atoms with Crippen molar-refractivity contribution in [1.29, 1.82) is 0 Å². The lowest BCUT2D eigenvalue weighted by Gasteiger charge is -2.09. The van der Waals surface area contributed by atoms with Crippen molar-refractivity contribution in [2.24, 2.45) is 0 Å². The fourth-order valence-corrected chi connectivity index (χ4v) is 2.29. The quantitative estimate of drug-likeness (QED) is 0.789. The Balaban J connectivity index is 2.13. The van der Waals surface area contributed by atoms with E-state index in [0.717, 1.165) is 28.9 Å². The summed E-state index contributed by atoms with van der Waals surface area (Å²) in [6.07, 6.45) is 3.65. The summed E-state index contributed by atoms with van der Waals surface area (Å²) in [5, 5.41) is 4.36. The van der Waals surface area contributed by atoms with E-state index in [9.17, 15) is 0 Å². The van der Waals surface area contributed by atoms with E-state index in [1.165, 1.54) is 0 Å². The predicted octanol–water partition coefficient (Wildman–Crippen LogP) is 2.04. The molecule has 0 unspecified atom stereocenters. The molecule has 0 saturated heterocycles. The third kappa shape index (κ3) is 2.12. The van der Waals surface area contributed by atoms with Crippen LogP contribution in [0.5, 0.6) is 0 Å². The molecule has 2 heterocycles. The van der Waals surface area contributed by atoms with Crippen molar-refractivity contribution in [3.8, 4) is 11.1 Å². The minimum absolute atomic E-state index is 0.617. The molecule has 0 fully saturated rings. The number of rotatable bonds is 3. The van der Waals surface area contributed by atoms with Gasteiger partial charge in [-0.2, -0.15) is 9.61 Å². The first-order chi connectivity index (χ1) is 9.66. The minimum Gasteiger partial charge on any atom is -0.383 e. The van der Waals surface area contributed by atoms with Gasteiger partial charge in [0.25, 0.3) is 0 Å². The molecule has 0 amide bonds. The maximum atomic E-state index is 6.24. The first kappa shape index (κ1) is 12.6. The molecule has 3 rings (SSSR count). The summed E-state index contributed by atoms with van der Waals surface area (Å²) in [7, 11) is 4.04. The molecule has 0 aliphatic heterocycles. The van der Waals surface area contributed by atoms with Gasteiger partial charge in [-0.05, 0) is 19.7 Å². The Hall–Kier alpha value is -2.40. The SMILES string of the molecule is CN(C)Cc1cnn2c(N)c(-c3ccccc3)cnc12. The lowest BCUT2D eigenvalue weighted by molar-refractivity contribution is 0.404. The molecule has 0 aliphatic rings. The van der Waals surface area contributed by atoms with Gasteiger partial charge in [-0.25, -0.2) is 4.98 Å². The van der Waals surface area contributed by atoms with E-state index in [-0.39, 0.29) is 0 Å². The standard InChI is InChI=1S/C15H17N5/c1-19(2)10-12-8-18-20-14(16)13(9-17-15(12)20)11-6-4-3-5-7-11/h3-9H,10,16H2,1-2H3. The Morgan fingerprint density at radius 1 is 1.15 bits per heavy atom. The largest absolute Gasteiger partial charge is 0.383 e. The molecule has 0 radical (unpaired) electrons. The number of benzene rings is 1. The molecule has 2 N–H and O–H groups in total. The average Bonchev–Trinajstić information content (AvgIpc) is 2.84. The third-order valence-electron chi connectivity index (χ3n) is 3.21. The topological polar surface area (TPSA) is 59.5 Å². The number of aromatic nitrogens is 3. The van der Waals surface area contributed by atoms with Gasteiger partial charge in [0.05, 0.1) is 6.20 Å². The molecule has 0 bridgehead atoms. The van der Waals surface area contributed by atoms with E-state index in [2.05, 4.69) is 15.0 Å². The third-order valence-corrected chi connectivity index (χ3v) is 3.21. The van der Waals surface area contributed by atoms with Crippen LogP contribution in [0.4, 0.5) is 5.82 Å². The fraction of sp³-hybridized carbons (Fsp3) is 0.200. The van der Waals surface area contributed by atoms with Gasteiger partial charge in [-0.15, -0.1) is 0 Å². The monoisotopic (exact) mass is 267 g/mol. The van der Waals surface area contributed by atoms with Crippen molar-refractivity contribution < 1.29 is 0 Å². The maximum absolute atomic E-state index is 6.24. The lowest BCUT2D eigenvalue weighted by Crippen LogP contribution is -2.11. The zero-order valence-corrected chi connectivity index (χ0v) is 11.6. The number of nitrogens with zero attached hydrogens (tertiary/aromatic N) is 4. The number of hydrogen-bond acceptors (Lipinski definition) is 4. The maximum Gasteiger partial charge on any atom is 0.161 e. The van der Waals surface area contributed by atoms with Crippen LogP contribution in [-0.4, -0.2) is 33.6 Å². The second-order valence-corrected chi connectivity index (χ2v) is 5.07. The molecule has 5 heteroatoms. The number of nitrogen functional groups attached to an aromatic ring is 1. The van der Waals surface area contributed by atoms with Gasteiger partial charge >= 0.3 is 0 Å². The Bertz CT molecular complexity index is 731. The molecule has 1 aromatic carbocycles. The van der Waals surface area contributed by atoms with Crippen molar-refractivity contribution in [2.45, 2.75) is 6.54 Å². The Morgan fingerprint density at radius 3 is 2.60 bits per heavy atom. The first-order valence-electron chi connectivity index (χ1n) is 6.48. The Morgan fingerprint density at radius 2 is 1.90 bits per heavy atom. The molecule has 5 nitrogen and oxygen atoms in total. The highest BCUT2D eigenvalue weighted by molar-refractivity contribution is 5.75. The van der Waals surface area contributed by atoms with Crippen molar-refractivity contribution in [3.05, 3.63) is 48.3 Å². The fourth-order valence-electron chi connectivity index (χ4n) is 2.29. The zero-order chi connectivity index (χ0) is 14.1. The van der Waals surface area contributed by atoms with Gasteiger partial charge in [0.1, 0.15) is 5.82 Å². The van der Waals surface area contributed by atoms with Crippen molar-refractivity contribution in [1.82, 2.24) is 19.5 Å². The number of fused-ring (bicyclic) bond motifs is 1. The molecular weight excluding hydrogens is 250 g/mol. The van der Waals surface area contributed by atoms with Gasteiger partial charge < -0.3 is 10.6 Å². The van der Waals surface area contributed by atoms with Gasteiger partial charge in [-0.3, -0.25) is 0 Å². The minimum atomic E-state index is 0.617. The van der Waals surface area contributed by atoms with Crippen molar-refractivity contribution in [2.75, 3.05) is 19.8 Å². The van der Waals surface area contributed by atoms with Crippen LogP contribution in [0.1, 0.15) is 5.56 Å². The van der Waals surface area contributed by atoms with Gasteiger partial charge in [0.2, 0.25) is 0 Å². The van der Waals surface area contributed by atoms with Crippen molar-refractivity contribution in [3.63, 3.8) is 0 Å². The summed E-state index contributed by atoms with van der Waals surface area (Å²) in [6.45, 7) is 0.792. The summed E-state index contributed by atoms with van der Waals surface area (Å²) in [5.74, 6) is 0.617. The second kappa shape index (κ2) is 4.94. The highest BCUT2D eigenvalue weighted by Gasteiger charge is 2.12. The summed E-state index contributed by atoms with van der Waals surface area (Å²) < 4.78 is 1.71. The van der Waals surface area contributed by atoms with Gasteiger partial charge in [0, 0.05) is 23.9 Å². The highest BCUT2D eigenvalue weighted by atomic mass is 15.3. The van der Waals surface area contributed by atoms with Crippen LogP contribution in [0.15, 0.2) is 42.7 Å². The molecular formula is C15H17N5. The smallest absolute Gasteiger partial charge is 0.161 e. The van der Waals surface area contributed by atoms with Crippen LogP contribution in [0.25, 0.3) is 16.8 Å². The highest BCUT2D eigenvalue weighted by Crippen LogP contribution is 2.26. The second-order valence-electron chi connectivity index (χ2n) is 5.07. The lowest BCUT2D eigenvalue weighted by atomic mass is 10.1. The van der Waals surface area contributed by atoms with Crippen LogP contribution in [0, 0.1) is 0 Å². The summed E-state index contributed by atoms with van der Waals surface area (Å²) in [4.78, 5) is 6.61. The first-order valence-corrected chi connectivity index (χ1v) is 6.48. The zero-order valence-electron chi connectivity index (χ0n) is 11.6. The molecule has 3 aromatic rings. The van der Waals surface area contributed by atoms with Gasteiger partial charge in [-0.1, -0.05) is 30.3 Å². The number of anilines is 1. The van der Waals surface area contributed by atoms with Crippen molar-refractivity contribution >= 4 is 11.5 Å².